The zero-order chi connectivity index (χ0) is 22.5. The third-order valence-electron chi connectivity index (χ3n) is 3.04. The van der Waals surface area contributed by atoms with Crippen LogP contribution in [0.1, 0.15) is 11.1 Å². The van der Waals surface area contributed by atoms with Crippen molar-refractivity contribution >= 4 is 19.1 Å². The number of carbonyl (C=O) groups excluding carboxylic acids is 3. The number of carbonyl (C=O) groups is 3. The molecular weight excluding hydrogens is 388 g/mol. The van der Waals surface area contributed by atoms with E-state index in [-0.39, 0.29) is 26.4 Å². The van der Waals surface area contributed by atoms with Gasteiger partial charge in [0, 0.05) is 0 Å². The van der Waals surface area contributed by atoms with E-state index in [1.807, 2.05) is 67.5 Å². The lowest BCUT2D eigenvalue weighted by molar-refractivity contribution is -0.0980. The van der Waals surface area contributed by atoms with Crippen LogP contribution in [-0.2, 0) is 37.0 Å². The first-order valence-corrected chi connectivity index (χ1v) is 8.83. The van der Waals surface area contributed by atoms with E-state index >= 15 is 0 Å². The van der Waals surface area contributed by atoms with Crippen molar-refractivity contribution in [3.8, 4) is 0 Å². The number of benzene rings is 2. The summed E-state index contributed by atoms with van der Waals surface area (Å²) in [4.78, 5) is 29.8. The van der Waals surface area contributed by atoms with Gasteiger partial charge in [-0.05, 0) is 11.1 Å². The summed E-state index contributed by atoms with van der Waals surface area (Å²) in [5.74, 6) is 0. The van der Waals surface area contributed by atoms with Gasteiger partial charge in [-0.1, -0.05) is 86.0 Å². The molecule has 0 aliphatic heterocycles. The summed E-state index contributed by atoms with van der Waals surface area (Å²) in [5, 5.41) is 0. The van der Waals surface area contributed by atoms with Crippen LogP contribution < -0.4 is 0 Å². The maximum absolute atomic E-state index is 10.9. The van der Waals surface area contributed by atoms with E-state index in [0.29, 0.717) is 0 Å². The monoisotopic (exact) mass is 414 g/mol. The Balaban J connectivity index is 0.000000518. The molecule has 0 aromatic heterocycles. The van der Waals surface area contributed by atoms with Crippen LogP contribution in [0, 0.1) is 0 Å². The predicted octanol–water partition coefficient (Wildman–Crippen LogP) is 4.87. The van der Waals surface area contributed by atoms with Crippen LogP contribution in [0.15, 0.2) is 86.0 Å². The highest BCUT2D eigenvalue weighted by Crippen LogP contribution is 2.02. The molecule has 0 radical (unpaired) electrons. The third-order valence-corrected chi connectivity index (χ3v) is 3.04. The zero-order valence-corrected chi connectivity index (χ0v) is 16.7. The SMILES string of the molecule is C=CCOC(=O)OCc1ccccc1.C=CCOC(=O)OCc1ccccc1.C=O. The molecule has 2 aromatic rings. The van der Waals surface area contributed by atoms with Crippen molar-refractivity contribution in [3.05, 3.63) is 97.1 Å². The lowest BCUT2D eigenvalue weighted by Gasteiger charge is -2.03. The van der Waals surface area contributed by atoms with Crippen LogP contribution in [0.25, 0.3) is 0 Å². The van der Waals surface area contributed by atoms with E-state index in [4.69, 9.17) is 14.3 Å². The van der Waals surface area contributed by atoms with Crippen LogP contribution in [0.3, 0.4) is 0 Å². The predicted molar refractivity (Wildman–Crippen MR) is 113 cm³/mol. The summed E-state index contributed by atoms with van der Waals surface area (Å²) in [7, 11) is 0. The summed E-state index contributed by atoms with van der Waals surface area (Å²) >= 11 is 0. The summed E-state index contributed by atoms with van der Waals surface area (Å²) < 4.78 is 18.9. The van der Waals surface area contributed by atoms with E-state index in [1.54, 1.807) is 0 Å². The van der Waals surface area contributed by atoms with Crippen LogP contribution in [0.2, 0.25) is 0 Å². The normalized spacial score (nSPS) is 8.67. The van der Waals surface area contributed by atoms with Crippen LogP contribution in [0.4, 0.5) is 9.59 Å². The average molecular weight is 414 g/mol. The Hall–Kier alpha value is -3.87. The van der Waals surface area contributed by atoms with E-state index in [0.717, 1.165) is 11.1 Å². The van der Waals surface area contributed by atoms with Crippen molar-refractivity contribution < 1.29 is 33.3 Å². The summed E-state index contributed by atoms with van der Waals surface area (Å²) in [6.45, 7) is 9.65. The molecule has 2 rings (SSSR count). The Morgan fingerprint density at radius 3 is 1.27 bits per heavy atom. The van der Waals surface area contributed by atoms with Crippen molar-refractivity contribution in [2.24, 2.45) is 0 Å². The van der Waals surface area contributed by atoms with Gasteiger partial charge in [0.1, 0.15) is 33.2 Å². The first kappa shape index (κ1) is 26.1. The number of rotatable bonds is 8. The number of hydrogen-bond acceptors (Lipinski definition) is 7. The maximum Gasteiger partial charge on any atom is 0.508 e. The van der Waals surface area contributed by atoms with Crippen molar-refractivity contribution in [2.45, 2.75) is 13.2 Å². The molecule has 0 unspecified atom stereocenters. The van der Waals surface area contributed by atoms with Crippen LogP contribution in [0.5, 0.6) is 0 Å². The summed E-state index contributed by atoms with van der Waals surface area (Å²) in [6.07, 6.45) is 1.63. The fraction of sp³-hybridized carbons (Fsp3) is 0.174. The fourth-order valence-electron chi connectivity index (χ4n) is 1.77. The van der Waals surface area contributed by atoms with Crippen molar-refractivity contribution in [1.29, 1.82) is 0 Å². The zero-order valence-electron chi connectivity index (χ0n) is 16.7. The Kier molecular flexibility index (Phi) is 16.1. The lowest BCUT2D eigenvalue weighted by Crippen LogP contribution is -2.07. The van der Waals surface area contributed by atoms with Gasteiger partial charge in [0.2, 0.25) is 0 Å². The van der Waals surface area contributed by atoms with Gasteiger partial charge in [-0.2, -0.15) is 0 Å². The molecule has 0 saturated heterocycles. The molecule has 160 valence electrons. The lowest BCUT2D eigenvalue weighted by atomic mass is 10.2. The van der Waals surface area contributed by atoms with Gasteiger partial charge in [-0.15, -0.1) is 0 Å². The van der Waals surface area contributed by atoms with E-state index in [2.05, 4.69) is 22.6 Å². The molecule has 0 spiro atoms. The van der Waals surface area contributed by atoms with E-state index in [9.17, 15) is 9.59 Å². The molecule has 0 atom stereocenters. The Bertz CT molecular complexity index is 666. The Morgan fingerprint density at radius 2 is 0.967 bits per heavy atom. The molecule has 0 aliphatic rings. The molecule has 0 aliphatic carbocycles. The van der Waals surface area contributed by atoms with Gasteiger partial charge in [0.05, 0.1) is 0 Å². The highest BCUT2D eigenvalue weighted by atomic mass is 16.7. The molecule has 0 heterocycles. The Morgan fingerprint density at radius 1 is 0.633 bits per heavy atom. The van der Waals surface area contributed by atoms with Gasteiger partial charge in [-0.25, -0.2) is 9.59 Å². The van der Waals surface area contributed by atoms with E-state index < -0.39 is 12.3 Å². The molecule has 0 fully saturated rings. The standard InChI is InChI=1S/2C11H12O3.CH2O/c2*1-2-8-13-11(12)14-9-10-6-4-3-5-7-10;1-2/h2*2-7H,1,8-9H2;1H2. The molecule has 2 aromatic carbocycles. The number of ether oxygens (including phenoxy) is 4. The quantitative estimate of drug-likeness (QED) is 0.450. The highest BCUT2D eigenvalue weighted by molar-refractivity contribution is 5.60. The van der Waals surface area contributed by atoms with Gasteiger partial charge in [0.25, 0.3) is 0 Å². The third kappa shape index (κ3) is 14.2. The summed E-state index contributed by atoms with van der Waals surface area (Å²) in [5.41, 5.74) is 1.87. The minimum atomic E-state index is -0.672. The molecule has 30 heavy (non-hydrogen) atoms. The molecule has 7 heteroatoms. The molecule has 0 amide bonds. The minimum absolute atomic E-state index is 0.174. The molecule has 0 saturated carbocycles. The second-order valence-corrected chi connectivity index (χ2v) is 5.25. The van der Waals surface area contributed by atoms with Crippen molar-refractivity contribution in [1.82, 2.24) is 0 Å². The molecule has 7 nitrogen and oxygen atoms in total. The van der Waals surface area contributed by atoms with Gasteiger partial charge in [-0.3, -0.25) is 0 Å². The van der Waals surface area contributed by atoms with Crippen molar-refractivity contribution in [3.63, 3.8) is 0 Å². The first-order valence-electron chi connectivity index (χ1n) is 8.83. The molecule has 0 bridgehead atoms. The molecule has 0 N–H and O–H groups in total. The van der Waals surface area contributed by atoms with Gasteiger partial charge >= 0.3 is 12.3 Å². The molecular formula is C23H26O7. The summed E-state index contributed by atoms with van der Waals surface area (Å²) in [6, 6.07) is 18.8. The smallest absolute Gasteiger partial charge is 0.430 e. The topological polar surface area (TPSA) is 88.1 Å². The Labute approximate surface area is 176 Å². The fourth-order valence-corrected chi connectivity index (χ4v) is 1.77. The second kappa shape index (κ2) is 18.5. The van der Waals surface area contributed by atoms with Gasteiger partial charge < -0.3 is 23.7 Å². The van der Waals surface area contributed by atoms with Gasteiger partial charge in [0.15, 0.2) is 0 Å². The largest absolute Gasteiger partial charge is 0.508 e. The first-order chi connectivity index (χ1) is 14.7. The number of hydrogen-bond donors (Lipinski definition) is 0. The van der Waals surface area contributed by atoms with Crippen LogP contribution in [-0.4, -0.2) is 32.3 Å². The van der Waals surface area contributed by atoms with Crippen molar-refractivity contribution in [2.75, 3.05) is 13.2 Å². The minimum Gasteiger partial charge on any atom is -0.430 e. The van der Waals surface area contributed by atoms with E-state index in [1.165, 1.54) is 12.2 Å². The second-order valence-electron chi connectivity index (χ2n) is 5.25. The highest BCUT2D eigenvalue weighted by Gasteiger charge is 2.02. The maximum atomic E-state index is 10.9. The van der Waals surface area contributed by atoms with Crippen LogP contribution >= 0.6 is 0 Å². The average Bonchev–Trinajstić information content (AvgIpc) is 2.81.